The molecule has 0 bridgehead atoms. The van der Waals surface area contributed by atoms with Crippen molar-refractivity contribution in [3.8, 4) is 10.6 Å². The number of aryl methyl sites for hydroxylation is 2. The van der Waals surface area contributed by atoms with E-state index in [1.54, 1.807) is 10.6 Å². The van der Waals surface area contributed by atoms with Crippen molar-refractivity contribution in [2.24, 2.45) is 0 Å². The summed E-state index contributed by atoms with van der Waals surface area (Å²) in [6, 6.07) is 2.65. The van der Waals surface area contributed by atoms with Crippen LogP contribution >= 0.6 is 11.3 Å². The van der Waals surface area contributed by atoms with Gasteiger partial charge >= 0.3 is 5.97 Å². The third-order valence-corrected chi connectivity index (χ3v) is 4.58. The highest BCUT2D eigenvalue weighted by molar-refractivity contribution is 7.13. The molecular formula is C16H13FN2O3S. The number of rotatable bonds is 3. The Balaban J connectivity index is 2.38. The highest BCUT2D eigenvalue weighted by Crippen LogP contribution is 2.29. The van der Waals surface area contributed by atoms with Crippen molar-refractivity contribution in [2.45, 2.75) is 20.4 Å². The number of aromatic carboxylic acids is 1. The standard InChI is InChI=1S/C16H13FN2O3S/c1-3-19-6-11(16(21)22)14(20)10-4-12(17)9(5-13(10)19)15-18-8(2)7-23-15/h4-7H,3H2,1-2H3,(H,21,22). The van der Waals surface area contributed by atoms with Gasteiger partial charge in [-0.3, -0.25) is 4.79 Å². The number of fused-ring (bicyclic) bond motifs is 1. The van der Waals surface area contributed by atoms with Crippen LogP contribution in [0.25, 0.3) is 21.5 Å². The van der Waals surface area contributed by atoms with E-state index in [4.69, 9.17) is 5.11 Å². The molecule has 23 heavy (non-hydrogen) atoms. The molecule has 0 atom stereocenters. The lowest BCUT2D eigenvalue weighted by Crippen LogP contribution is -2.19. The maximum absolute atomic E-state index is 14.4. The normalized spacial score (nSPS) is 11.1. The monoisotopic (exact) mass is 332 g/mol. The number of benzene rings is 1. The van der Waals surface area contributed by atoms with Gasteiger partial charge in [0.15, 0.2) is 0 Å². The number of aromatic nitrogens is 2. The number of hydrogen-bond acceptors (Lipinski definition) is 4. The maximum atomic E-state index is 14.4. The minimum atomic E-state index is -1.32. The molecule has 0 fully saturated rings. The molecule has 2 aromatic heterocycles. The summed E-state index contributed by atoms with van der Waals surface area (Å²) in [4.78, 5) is 27.7. The van der Waals surface area contributed by atoms with E-state index in [9.17, 15) is 14.0 Å². The van der Waals surface area contributed by atoms with E-state index in [2.05, 4.69) is 4.98 Å². The summed E-state index contributed by atoms with van der Waals surface area (Å²) < 4.78 is 16.1. The van der Waals surface area contributed by atoms with Gasteiger partial charge in [0.05, 0.1) is 5.52 Å². The van der Waals surface area contributed by atoms with Crippen LogP contribution < -0.4 is 5.43 Å². The first-order valence-electron chi connectivity index (χ1n) is 6.95. The fourth-order valence-electron chi connectivity index (χ4n) is 2.47. The van der Waals surface area contributed by atoms with E-state index in [0.717, 1.165) is 11.8 Å². The Morgan fingerprint density at radius 3 is 2.74 bits per heavy atom. The molecule has 0 aliphatic rings. The molecule has 2 heterocycles. The van der Waals surface area contributed by atoms with Gasteiger partial charge in [0.1, 0.15) is 16.4 Å². The molecule has 0 spiro atoms. The summed E-state index contributed by atoms with van der Waals surface area (Å²) in [6.07, 6.45) is 1.29. The molecule has 1 aromatic carbocycles. The Bertz CT molecular complexity index is 991. The lowest BCUT2D eigenvalue weighted by molar-refractivity contribution is 0.0695. The van der Waals surface area contributed by atoms with Crippen LogP contribution in [0, 0.1) is 12.7 Å². The first kappa shape index (κ1) is 15.4. The van der Waals surface area contributed by atoms with Crippen LogP contribution in [-0.4, -0.2) is 20.6 Å². The van der Waals surface area contributed by atoms with Crippen LogP contribution in [0.2, 0.25) is 0 Å². The number of carbonyl (C=O) groups is 1. The predicted molar refractivity (Wildman–Crippen MR) is 86.6 cm³/mol. The van der Waals surface area contributed by atoms with Crippen LogP contribution in [-0.2, 0) is 6.54 Å². The number of carboxylic acid groups (broad SMARTS) is 1. The van der Waals surface area contributed by atoms with E-state index in [1.165, 1.54) is 17.5 Å². The molecule has 0 unspecified atom stereocenters. The zero-order chi connectivity index (χ0) is 16.7. The first-order valence-corrected chi connectivity index (χ1v) is 7.82. The number of thiazole rings is 1. The Hall–Kier alpha value is -2.54. The lowest BCUT2D eigenvalue weighted by Gasteiger charge is -2.11. The average Bonchev–Trinajstić information content (AvgIpc) is 2.93. The minimum Gasteiger partial charge on any atom is -0.477 e. The first-order chi connectivity index (χ1) is 10.9. The molecule has 3 aromatic rings. The minimum absolute atomic E-state index is 0.0567. The van der Waals surface area contributed by atoms with E-state index >= 15 is 0 Å². The molecular weight excluding hydrogens is 319 g/mol. The summed E-state index contributed by atoms with van der Waals surface area (Å²) in [7, 11) is 0. The van der Waals surface area contributed by atoms with E-state index < -0.39 is 17.2 Å². The Morgan fingerprint density at radius 2 is 2.17 bits per heavy atom. The fraction of sp³-hybridized carbons (Fsp3) is 0.188. The highest BCUT2D eigenvalue weighted by Gasteiger charge is 2.18. The van der Waals surface area contributed by atoms with E-state index in [0.29, 0.717) is 22.6 Å². The van der Waals surface area contributed by atoms with Gasteiger partial charge in [0.2, 0.25) is 5.43 Å². The molecule has 0 amide bonds. The molecule has 0 aliphatic carbocycles. The second kappa shape index (κ2) is 5.58. The van der Waals surface area contributed by atoms with Crippen molar-refractivity contribution in [3.63, 3.8) is 0 Å². The van der Waals surface area contributed by atoms with Gasteiger partial charge in [-0.15, -0.1) is 11.3 Å². The summed E-state index contributed by atoms with van der Waals surface area (Å²) >= 11 is 1.32. The molecule has 118 valence electrons. The summed E-state index contributed by atoms with van der Waals surface area (Å²) in [5.74, 6) is -1.91. The number of carboxylic acids is 1. The van der Waals surface area contributed by atoms with Crippen LogP contribution in [0.1, 0.15) is 23.0 Å². The molecule has 0 aliphatic heterocycles. The molecule has 1 N–H and O–H groups in total. The number of pyridine rings is 1. The summed E-state index contributed by atoms with van der Waals surface area (Å²) in [6.45, 7) is 4.10. The van der Waals surface area contributed by atoms with Crippen molar-refractivity contribution in [1.82, 2.24) is 9.55 Å². The summed E-state index contributed by atoms with van der Waals surface area (Å²) in [5.41, 5.74) is 0.542. The van der Waals surface area contributed by atoms with Crippen molar-refractivity contribution in [1.29, 1.82) is 0 Å². The van der Waals surface area contributed by atoms with Crippen LogP contribution in [0.5, 0.6) is 0 Å². The van der Waals surface area contributed by atoms with Gasteiger partial charge in [-0.2, -0.15) is 0 Å². The smallest absolute Gasteiger partial charge is 0.341 e. The van der Waals surface area contributed by atoms with Crippen LogP contribution in [0.3, 0.4) is 0 Å². The second-order valence-corrected chi connectivity index (χ2v) is 5.96. The van der Waals surface area contributed by atoms with Crippen molar-refractivity contribution < 1.29 is 14.3 Å². The van der Waals surface area contributed by atoms with Crippen LogP contribution in [0.4, 0.5) is 4.39 Å². The van der Waals surface area contributed by atoms with Crippen LogP contribution in [0.15, 0.2) is 28.5 Å². The number of hydrogen-bond donors (Lipinski definition) is 1. The average molecular weight is 332 g/mol. The topological polar surface area (TPSA) is 72.2 Å². The Morgan fingerprint density at radius 1 is 1.43 bits per heavy atom. The van der Waals surface area contributed by atoms with Gasteiger partial charge in [-0.05, 0) is 26.0 Å². The number of nitrogens with zero attached hydrogens (tertiary/aromatic N) is 2. The van der Waals surface area contributed by atoms with Gasteiger partial charge in [0, 0.05) is 34.8 Å². The van der Waals surface area contributed by atoms with Gasteiger partial charge in [-0.1, -0.05) is 0 Å². The molecule has 7 heteroatoms. The van der Waals surface area contributed by atoms with Gasteiger partial charge < -0.3 is 9.67 Å². The Labute approximate surface area is 134 Å². The lowest BCUT2D eigenvalue weighted by atomic mass is 10.1. The number of halogens is 1. The maximum Gasteiger partial charge on any atom is 0.341 e. The molecule has 0 radical (unpaired) electrons. The fourth-order valence-corrected chi connectivity index (χ4v) is 3.28. The molecule has 0 saturated carbocycles. The van der Waals surface area contributed by atoms with Gasteiger partial charge in [0.25, 0.3) is 0 Å². The largest absolute Gasteiger partial charge is 0.477 e. The SMILES string of the molecule is CCn1cc(C(=O)O)c(=O)c2cc(F)c(-c3nc(C)cs3)cc21. The third kappa shape index (κ3) is 2.53. The second-order valence-electron chi connectivity index (χ2n) is 5.11. The summed E-state index contributed by atoms with van der Waals surface area (Å²) in [5, 5.41) is 11.5. The highest BCUT2D eigenvalue weighted by atomic mass is 32.1. The molecule has 3 rings (SSSR count). The zero-order valence-corrected chi connectivity index (χ0v) is 13.3. The van der Waals surface area contributed by atoms with E-state index in [1.807, 2.05) is 19.2 Å². The Kier molecular flexibility index (Phi) is 3.73. The van der Waals surface area contributed by atoms with Crippen molar-refractivity contribution in [2.75, 3.05) is 0 Å². The zero-order valence-electron chi connectivity index (χ0n) is 12.5. The predicted octanol–water partition coefficient (Wildman–Crippen LogP) is 3.29. The van der Waals surface area contributed by atoms with Gasteiger partial charge in [-0.25, -0.2) is 14.2 Å². The molecule has 0 saturated heterocycles. The van der Waals surface area contributed by atoms with E-state index in [-0.39, 0.29) is 10.9 Å². The van der Waals surface area contributed by atoms with Crippen molar-refractivity contribution in [3.05, 3.63) is 51.0 Å². The quantitative estimate of drug-likeness (QED) is 0.799. The molecule has 5 nitrogen and oxygen atoms in total. The van der Waals surface area contributed by atoms with Crippen molar-refractivity contribution >= 4 is 28.2 Å². The third-order valence-electron chi connectivity index (χ3n) is 3.59.